The van der Waals surface area contributed by atoms with Crippen LogP contribution < -0.4 is 5.32 Å². The maximum absolute atomic E-state index is 12.8. The van der Waals surface area contributed by atoms with E-state index in [-0.39, 0.29) is 11.1 Å². The van der Waals surface area contributed by atoms with Crippen molar-refractivity contribution in [2.24, 2.45) is 0 Å². The number of alkyl halides is 3. The number of halogens is 4. The standard InChI is InChI=1S/C15H11F4NO2S/c16-11-3-1-9(2-4-11)14(22)20-12(7-15(17,18)19)13(21)10-5-6-23-8-10/h1-6,8,12H,7H2,(H,20,22). The molecule has 0 bridgehead atoms. The minimum atomic E-state index is -4.62. The molecule has 0 radical (unpaired) electrons. The minimum Gasteiger partial charge on any atom is -0.341 e. The summed E-state index contributed by atoms with van der Waals surface area (Å²) in [5, 5.41) is 5.04. The van der Waals surface area contributed by atoms with Gasteiger partial charge in [0, 0.05) is 16.5 Å². The van der Waals surface area contributed by atoms with Crippen LogP contribution in [0.3, 0.4) is 0 Å². The molecule has 0 saturated carbocycles. The van der Waals surface area contributed by atoms with Crippen LogP contribution in [-0.2, 0) is 0 Å². The molecule has 0 saturated heterocycles. The fourth-order valence-electron chi connectivity index (χ4n) is 1.89. The molecule has 0 spiro atoms. The molecule has 23 heavy (non-hydrogen) atoms. The van der Waals surface area contributed by atoms with Crippen LogP contribution in [0.1, 0.15) is 27.1 Å². The van der Waals surface area contributed by atoms with Crippen molar-refractivity contribution in [3.8, 4) is 0 Å². The molecule has 2 rings (SSSR count). The third-order valence-corrected chi connectivity index (χ3v) is 3.65. The van der Waals surface area contributed by atoms with Crippen LogP contribution in [0.15, 0.2) is 41.1 Å². The first-order valence-corrected chi connectivity index (χ1v) is 7.40. The molecule has 3 nitrogen and oxygen atoms in total. The van der Waals surface area contributed by atoms with E-state index in [9.17, 15) is 27.2 Å². The van der Waals surface area contributed by atoms with Gasteiger partial charge in [0.25, 0.3) is 5.91 Å². The highest BCUT2D eigenvalue weighted by Gasteiger charge is 2.36. The average molecular weight is 345 g/mol. The van der Waals surface area contributed by atoms with Crippen LogP contribution >= 0.6 is 11.3 Å². The van der Waals surface area contributed by atoms with Gasteiger partial charge in [-0.25, -0.2) is 4.39 Å². The quantitative estimate of drug-likeness (QED) is 0.661. The molecular formula is C15H11F4NO2S. The lowest BCUT2D eigenvalue weighted by atomic mass is 10.0. The molecule has 0 aliphatic heterocycles. The summed E-state index contributed by atoms with van der Waals surface area (Å²) < 4.78 is 50.8. The van der Waals surface area contributed by atoms with Crippen molar-refractivity contribution < 1.29 is 27.2 Å². The Morgan fingerprint density at radius 1 is 1.09 bits per heavy atom. The van der Waals surface area contributed by atoms with Crippen molar-refractivity contribution in [1.82, 2.24) is 5.32 Å². The number of hydrogen-bond acceptors (Lipinski definition) is 3. The molecule has 1 aromatic heterocycles. The zero-order valence-corrected chi connectivity index (χ0v) is 12.4. The highest BCUT2D eigenvalue weighted by molar-refractivity contribution is 7.08. The molecule has 1 heterocycles. The number of ketones is 1. The fourth-order valence-corrected chi connectivity index (χ4v) is 2.53. The van der Waals surface area contributed by atoms with Gasteiger partial charge in [-0.05, 0) is 35.7 Å². The van der Waals surface area contributed by atoms with Crippen LogP contribution in [0.5, 0.6) is 0 Å². The Balaban J connectivity index is 2.18. The monoisotopic (exact) mass is 345 g/mol. The van der Waals surface area contributed by atoms with Crippen molar-refractivity contribution in [2.45, 2.75) is 18.6 Å². The van der Waals surface area contributed by atoms with E-state index in [0.29, 0.717) is 0 Å². The second-order valence-corrected chi connectivity index (χ2v) is 5.51. The first-order chi connectivity index (χ1) is 10.8. The number of amides is 1. The van der Waals surface area contributed by atoms with Crippen molar-refractivity contribution in [3.05, 3.63) is 58.0 Å². The van der Waals surface area contributed by atoms with Crippen LogP contribution in [0, 0.1) is 5.82 Å². The lowest BCUT2D eigenvalue weighted by Gasteiger charge is -2.19. The third kappa shape index (κ3) is 4.88. The molecule has 1 N–H and O–H groups in total. The SMILES string of the molecule is O=C(NC(CC(F)(F)F)C(=O)c1ccsc1)c1ccc(F)cc1. The zero-order chi connectivity index (χ0) is 17.0. The van der Waals surface area contributed by atoms with E-state index in [1.54, 1.807) is 5.38 Å². The molecule has 1 atom stereocenters. The van der Waals surface area contributed by atoms with Gasteiger partial charge < -0.3 is 5.32 Å². The summed E-state index contributed by atoms with van der Waals surface area (Å²) in [6, 6.07) is 3.93. The highest BCUT2D eigenvalue weighted by Crippen LogP contribution is 2.24. The molecule has 2 aromatic rings. The smallest absolute Gasteiger partial charge is 0.341 e. The predicted molar refractivity (Wildman–Crippen MR) is 77.0 cm³/mol. The van der Waals surface area contributed by atoms with E-state index in [0.717, 1.165) is 35.6 Å². The van der Waals surface area contributed by atoms with Crippen LogP contribution in [-0.4, -0.2) is 23.9 Å². The molecule has 0 fully saturated rings. The van der Waals surface area contributed by atoms with E-state index in [4.69, 9.17) is 0 Å². The lowest BCUT2D eigenvalue weighted by molar-refractivity contribution is -0.137. The summed E-state index contributed by atoms with van der Waals surface area (Å²) in [4.78, 5) is 24.1. The third-order valence-electron chi connectivity index (χ3n) is 2.97. The van der Waals surface area contributed by atoms with Crippen LogP contribution in [0.25, 0.3) is 0 Å². The summed E-state index contributed by atoms with van der Waals surface area (Å²) in [7, 11) is 0. The van der Waals surface area contributed by atoms with Crippen LogP contribution in [0.2, 0.25) is 0 Å². The summed E-state index contributed by atoms with van der Waals surface area (Å²) >= 11 is 1.16. The number of nitrogens with one attached hydrogen (secondary N) is 1. The molecule has 1 unspecified atom stereocenters. The summed E-state index contributed by atoms with van der Waals surface area (Å²) in [6.07, 6.45) is -6.10. The normalized spacial score (nSPS) is 12.7. The highest BCUT2D eigenvalue weighted by atomic mass is 32.1. The molecule has 0 aliphatic rings. The number of hydrogen-bond donors (Lipinski definition) is 1. The topological polar surface area (TPSA) is 46.2 Å². The molecule has 0 aliphatic carbocycles. The minimum absolute atomic E-state index is 0.0308. The number of rotatable bonds is 5. The largest absolute Gasteiger partial charge is 0.391 e. The summed E-state index contributed by atoms with van der Waals surface area (Å²) in [5.41, 5.74) is 0.0698. The van der Waals surface area contributed by atoms with Gasteiger partial charge in [-0.15, -0.1) is 0 Å². The maximum atomic E-state index is 12.8. The molecule has 8 heteroatoms. The Morgan fingerprint density at radius 3 is 2.26 bits per heavy atom. The fraction of sp³-hybridized carbons (Fsp3) is 0.200. The average Bonchev–Trinajstić information content (AvgIpc) is 2.99. The zero-order valence-electron chi connectivity index (χ0n) is 11.6. The second-order valence-electron chi connectivity index (χ2n) is 4.73. The maximum Gasteiger partial charge on any atom is 0.391 e. The molecule has 1 amide bonds. The summed E-state index contributed by atoms with van der Waals surface area (Å²) in [6.45, 7) is 0. The Bertz CT molecular complexity index is 681. The Kier molecular flexibility index (Phi) is 5.15. The number of Topliss-reactive ketones (excluding diaryl/α,β-unsaturated/α-hetero) is 1. The lowest BCUT2D eigenvalue weighted by Crippen LogP contribution is -2.43. The van der Waals surface area contributed by atoms with Gasteiger partial charge in [-0.2, -0.15) is 24.5 Å². The van der Waals surface area contributed by atoms with Gasteiger partial charge in [0.05, 0.1) is 6.42 Å². The van der Waals surface area contributed by atoms with Crippen molar-refractivity contribution in [2.75, 3.05) is 0 Å². The van der Waals surface area contributed by atoms with Crippen molar-refractivity contribution >= 4 is 23.0 Å². The Hall–Kier alpha value is -2.22. The van der Waals surface area contributed by atoms with E-state index in [1.807, 2.05) is 0 Å². The van der Waals surface area contributed by atoms with Gasteiger partial charge >= 0.3 is 6.18 Å². The van der Waals surface area contributed by atoms with Gasteiger partial charge in [0.1, 0.15) is 11.9 Å². The first kappa shape index (κ1) is 17.1. The first-order valence-electron chi connectivity index (χ1n) is 6.46. The predicted octanol–water partition coefficient (Wildman–Crippen LogP) is 3.82. The van der Waals surface area contributed by atoms with Crippen LogP contribution in [0.4, 0.5) is 17.6 Å². The Labute approximate surface area is 132 Å². The second kappa shape index (κ2) is 6.91. The van der Waals surface area contributed by atoms with Gasteiger partial charge in [-0.1, -0.05) is 0 Å². The van der Waals surface area contributed by atoms with Gasteiger partial charge in [-0.3, -0.25) is 9.59 Å². The van der Waals surface area contributed by atoms with Crippen molar-refractivity contribution in [1.29, 1.82) is 0 Å². The number of thiophene rings is 1. The van der Waals surface area contributed by atoms with E-state index in [2.05, 4.69) is 5.32 Å². The van der Waals surface area contributed by atoms with E-state index >= 15 is 0 Å². The molecule has 1 aromatic carbocycles. The Morgan fingerprint density at radius 2 is 1.74 bits per heavy atom. The molecule has 122 valence electrons. The van der Waals surface area contributed by atoms with Crippen molar-refractivity contribution in [3.63, 3.8) is 0 Å². The van der Waals surface area contributed by atoms with Gasteiger partial charge in [0.15, 0.2) is 5.78 Å². The molecular weight excluding hydrogens is 334 g/mol. The number of carbonyl (C=O) groups is 2. The van der Waals surface area contributed by atoms with Gasteiger partial charge in [0.2, 0.25) is 0 Å². The number of benzene rings is 1. The summed E-state index contributed by atoms with van der Waals surface area (Å²) in [5.74, 6) is -2.27. The number of carbonyl (C=O) groups excluding carboxylic acids is 2. The van der Waals surface area contributed by atoms with E-state index < -0.39 is 36.1 Å². The van der Waals surface area contributed by atoms with E-state index in [1.165, 1.54) is 11.4 Å².